The monoisotopic (exact) mass is 350 g/mol. The number of fused-ring (bicyclic) bond motifs is 1. The van der Waals surface area contributed by atoms with Crippen LogP contribution in [0.15, 0.2) is 36.4 Å². The zero-order valence-electron chi connectivity index (χ0n) is 15.0. The van der Waals surface area contributed by atoms with Crippen LogP contribution in [-0.2, 0) is 0 Å². The normalized spacial score (nSPS) is 15.4. The second-order valence-electron chi connectivity index (χ2n) is 6.76. The molecule has 134 valence electrons. The third-order valence-electron chi connectivity index (χ3n) is 4.95. The van der Waals surface area contributed by atoms with E-state index in [9.17, 15) is 4.79 Å². The first kappa shape index (κ1) is 16.5. The molecule has 0 unspecified atom stereocenters. The maximum atomic E-state index is 12.5. The Labute approximate surface area is 152 Å². The number of hydrogen-bond donors (Lipinski definition) is 1. The van der Waals surface area contributed by atoms with Crippen LogP contribution in [-0.4, -0.2) is 44.8 Å². The Morgan fingerprint density at radius 1 is 1.08 bits per heavy atom. The van der Waals surface area contributed by atoms with Gasteiger partial charge in [0.2, 0.25) is 0 Å². The summed E-state index contributed by atoms with van der Waals surface area (Å²) in [6.45, 7) is 5.58. The second kappa shape index (κ2) is 6.74. The van der Waals surface area contributed by atoms with Crippen LogP contribution < -0.4 is 10.2 Å². The zero-order valence-corrected chi connectivity index (χ0v) is 15.0. The number of hydrogen-bond acceptors (Lipinski definition) is 5. The average Bonchev–Trinajstić information content (AvgIpc) is 3.03. The summed E-state index contributed by atoms with van der Waals surface area (Å²) in [5, 5.41) is 15.9. The topological polar surface area (TPSA) is 75.4 Å². The number of anilines is 1. The summed E-state index contributed by atoms with van der Waals surface area (Å²) < 4.78 is 1.77. The summed E-state index contributed by atoms with van der Waals surface area (Å²) in [4.78, 5) is 14.7. The van der Waals surface area contributed by atoms with E-state index in [1.54, 1.807) is 4.52 Å². The van der Waals surface area contributed by atoms with Crippen LogP contribution in [0.2, 0.25) is 0 Å². The lowest BCUT2D eigenvalue weighted by Gasteiger charge is -2.33. The van der Waals surface area contributed by atoms with Crippen LogP contribution in [0.4, 0.5) is 5.82 Å². The molecule has 1 saturated heterocycles. The summed E-state index contributed by atoms with van der Waals surface area (Å²) in [5.41, 5.74) is 2.51. The van der Waals surface area contributed by atoms with Crippen molar-refractivity contribution >= 4 is 17.4 Å². The molecule has 1 aliphatic rings. The molecule has 0 saturated carbocycles. The number of aryl methyl sites for hydroxylation is 2. The molecule has 0 atom stereocenters. The van der Waals surface area contributed by atoms with Crippen LogP contribution >= 0.6 is 0 Å². The molecule has 26 heavy (non-hydrogen) atoms. The Hall–Kier alpha value is -2.96. The Bertz CT molecular complexity index is 942. The van der Waals surface area contributed by atoms with Gasteiger partial charge in [0.25, 0.3) is 5.91 Å². The van der Waals surface area contributed by atoms with Crippen molar-refractivity contribution in [2.24, 2.45) is 0 Å². The largest absolute Gasteiger partial charge is 0.355 e. The highest BCUT2D eigenvalue weighted by Crippen LogP contribution is 2.19. The van der Waals surface area contributed by atoms with Gasteiger partial charge in [0.1, 0.15) is 5.82 Å². The van der Waals surface area contributed by atoms with E-state index in [2.05, 4.69) is 25.5 Å². The number of carbonyl (C=O) groups is 1. The molecule has 4 rings (SSSR count). The molecular weight excluding hydrogens is 328 g/mol. The van der Waals surface area contributed by atoms with Gasteiger partial charge in [-0.3, -0.25) is 4.79 Å². The highest BCUT2D eigenvalue weighted by Gasteiger charge is 2.23. The van der Waals surface area contributed by atoms with E-state index >= 15 is 0 Å². The summed E-state index contributed by atoms with van der Waals surface area (Å²) in [6, 6.07) is 11.8. The highest BCUT2D eigenvalue weighted by atomic mass is 16.1. The molecule has 1 N–H and O–H groups in total. The fraction of sp³-hybridized carbons (Fsp3) is 0.368. The average molecular weight is 350 g/mol. The summed E-state index contributed by atoms with van der Waals surface area (Å²) in [6.07, 6.45) is 1.80. The highest BCUT2D eigenvalue weighted by molar-refractivity contribution is 5.95. The Kier molecular flexibility index (Phi) is 4.28. The second-order valence-corrected chi connectivity index (χ2v) is 6.76. The summed E-state index contributed by atoms with van der Waals surface area (Å²) in [5.74, 6) is 1.72. The van der Waals surface area contributed by atoms with Crippen molar-refractivity contribution in [2.45, 2.75) is 32.7 Å². The molecule has 0 bridgehead atoms. The van der Waals surface area contributed by atoms with Crippen molar-refractivity contribution in [3.05, 3.63) is 53.3 Å². The quantitative estimate of drug-likeness (QED) is 0.783. The van der Waals surface area contributed by atoms with Crippen LogP contribution in [0.25, 0.3) is 5.65 Å². The van der Waals surface area contributed by atoms with Crippen LogP contribution in [0, 0.1) is 13.8 Å². The molecule has 1 aromatic carbocycles. The molecule has 0 spiro atoms. The van der Waals surface area contributed by atoms with Gasteiger partial charge in [-0.05, 0) is 50.5 Å². The SMILES string of the molecule is Cc1ccccc1C(=O)NC1CCN(c2ccc3nnc(C)n3n2)CC1. The Morgan fingerprint density at radius 2 is 1.85 bits per heavy atom. The van der Waals surface area contributed by atoms with E-state index in [-0.39, 0.29) is 11.9 Å². The van der Waals surface area contributed by atoms with Gasteiger partial charge < -0.3 is 10.2 Å². The molecule has 1 fully saturated rings. The molecule has 7 nitrogen and oxygen atoms in total. The van der Waals surface area contributed by atoms with Crippen LogP contribution in [0.5, 0.6) is 0 Å². The van der Waals surface area contributed by atoms with Crippen molar-refractivity contribution in [1.29, 1.82) is 0 Å². The van der Waals surface area contributed by atoms with Gasteiger partial charge in [-0.2, -0.15) is 4.52 Å². The lowest BCUT2D eigenvalue weighted by atomic mass is 10.0. The molecule has 7 heteroatoms. The van der Waals surface area contributed by atoms with Gasteiger partial charge >= 0.3 is 0 Å². The number of piperidine rings is 1. The minimum absolute atomic E-state index is 0.0150. The molecule has 0 radical (unpaired) electrons. The van der Waals surface area contributed by atoms with Crippen molar-refractivity contribution in [2.75, 3.05) is 18.0 Å². The number of benzene rings is 1. The lowest BCUT2D eigenvalue weighted by molar-refractivity contribution is 0.0930. The van der Waals surface area contributed by atoms with Gasteiger partial charge in [-0.1, -0.05) is 18.2 Å². The maximum Gasteiger partial charge on any atom is 0.251 e. The van der Waals surface area contributed by atoms with Gasteiger partial charge in [0.15, 0.2) is 11.5 Å². The molecule has 1 aliphatic heterocycles. The van der Waals surface area contributed by atoms with Gasteiger partial charge in [-0.15, -0.1) is 15.3 Å². The Morgan fingerprint density at radius 3 is 2.62 bits per heavy atom. The van der Waals surface area contributed by atoms with E-state index in [0.717, 1.165) is 54.3 Å². The van der Waals surface area contributed by atoms with E-state index in [1.807, 2.05) is 50.2 Å². The lowest BCUT2D eigenvalue weighted by Crippen LogP contribution is -2.45. The van der Waals surface area contributed by atoms with Gasteiger partial charge in [0, 0.05) is 24.7 Å². The number of carbonyl (C=O) groups excluding carboxylic acids is 1. The standard InChI is InChI=1S/C19H22N6O/c1-13-5-3-4-6-16(13)19(26)20-15-9-11-24(12-10-15)18-8-7-17-22-21-14(2)25(17)23-18/h3-8,15H,9-12H2,1-2H3,(H,20,26). The first-order chi connectivity index (χ1) is 12.6. The summed E-state index contributed by atoms with van der Waals surface area (Å²) in [7, 11) is 0. The van der Waals surface area contributed by atoms with Gasteiger partial charge in [-0.25, -0.2) is 0 Å². The van der Waals surface area contributed by atoms with Crippen LogP contribution in [0.3, 0.4) is 0 Å². The molecule has 3 heterocycles. The number of nitrogens with one attached hydrogen (secondary N) is 1. The third kappa shape index (κ3) is 3.12. The number of aromatic nitrogens is 4. The smallest absolute Gasteiger partial charge is 0.251 e. The van der Waals surface area contributed by atoms with E-state index < -0.39 is 0 Å². The van der Waals surface area contributed by atoms with Crippen molar-refractivity contribution in [1.82, 2.24) is 25.1 Å². The Balaban J connectivity index is 1.40. The number of rotatable bonds is 3. The molecular formula is C19H22N6O. The van der Waals surface area contributed by atoms with E-state index in [0.29, 0.717) is 0 Å². The van der Waals surface area contributed by atoms with Gasteiger partial charge in [0.05, 0.1) is 0 Å². The minimum atomic E-state index is 0.0150. The first-order valence-corrected chi connectivity index (χ1v) is 8.92. The minimum Gasteiger partial charge on any atom is -0.355 e. The van der Waals surface area contributed by atoms with Crippen molar-refractivity contribution < 1.29 is 4.79 Å². The molecule has 0 aliphatic carbocycles. The first-order valence-electron chi connectivity index (χ1n) is 8.92. The van der Waals surface area contributed by atoms with E-state index in [1.165, 1.54) is 0 Å². The van der Waals surface area contributed by atoms with E-state index in [4.69, 9.17) is 0 Å². The fourth-order valence-corrected chi connectivity index (χ4v) is 3.40. The van der Waals surface area contributed by atoms with Crippen LogP contribution in [0.1, 0.15) is 34.6 Å². The predicted octanol–water partition coefficient (Wildman–Crippen LogP) is 2.14. The van der Waals surface area contributed by atoms with Crippen molar-refractivity contribution in [3.8, 4) is 0 Å². The molecule has 2 aromatic heterocycles. The number of nitrogens with zero attached hydrogens (tertiary/aromatic N) is 5. The summed E-state index contributed by atoms with van der Waals surface area (Å²) >= 11 is 0. The maximum absolute atomic E-state index is 12.5. The number of amides is 1. The fourth-order valence-electron chi connectivity index (χ4n) is 3.40. The zero-order chi connectivity index (χ0) is 18.1. The van der Waals surface area contributed by atoms with Crippen molar-refractivity contribution in [3.63, 3.8) is 0 Å². The molecule has 3 aromatic rings. The predicted molar refractivity (Wildman–Crippen MR) is 99.4 cm³/mol. The third-order valence-corrected chi connectivity index (χ3v) is 4.95. The molecule has 1 amide bonds.